The highest BCUT2D eigenvalue weighted by Gasteiger charge is 2.07. The molecule has 1 atom stereocenters. The molecule has 14 heavy (non-hydrogen) atoms. The molecule has 1 unspecified atom stereocenters. The molecule has 0 aliphatic heterocycles. The van der Waals surface area contributed by atoms with E-state index in [-0.39, 0.29) is 5.75 Å². The molecule has 0 aliphatic carbocycles. The summed E-state index contributed by atoms with van der Waals surface area (Å²) in [7, 11) is -3.03. The summed E-state index contributed by atoms with van der Waals surface area (Å²) in [5, 5.41) is 3.25. The predicted octanol–water partition coefficient (Wildman–Crippen LogP) is 0.560. The molecule has 0 radical (unpaired) electrons. The highest BCUT2D eigenvalue weighted by atomic mass is 32.2. The molecule has 5 heteroatoms. The van der Waals surface area contributed by atoms with Crippen LogP contribution in [0.25, 0.3) is 0 Å². The molecule has 0 saturated heterocycles. The summed E-state index contributed by atoms with van der Waals surface area (Å²) < 4.78 is 24.6. The van der Waals surface area contributed by atoms with Crippen LogP contribution in [0.1, 0.15) is 27.7 Å². The van der Waals surface area contributed by atoms with Gasteiger partial charge in [0.15, 0.2) is 0 Å². The minimum Gasteiger partial charge on any atom is -0.313 e. The van der Waals surface area contributed by atoms with Crippen LogP contribution in [-0.2, 0) is 10.0 Å². The van der Waals surface area contributed by atoms with Gasteiger partial charge in [-0.1, -0.05) is 13.8 Å². The molecule has 0 amide bonds. The van der Waals surface area contributed by atoms with Gasteiger partial charge in [-0.15, -0.1) is 0 Å². The smallest absolute Gasteiger partial charge is 0.211 e. The Labute approximate surface area is 87.5 Å². The van der Waals surface area contributed by atoms with Crippen LogP contribution in [0, 0.1) is 5.92 Å². The van der Waals surface area contributed by atoms with Crippen LogP contribution >= 0.6 is 0 Å². The molecule has 0 aliphatic rings. The summed E-state index contributed by atoms with van der Waals surface area (Å²) in [5.41, 5.74) is 0. The minimum atomic E-state index is -3.03. The molecule has 4 nitrogen and oxygen atoms in total. The first-order chi connectivity index (χ1) is 6.39. The summed E-state index contributed by atoms with van der Waals surface area (Å²) in [6.45, 7) is 9.14. The monoisotopic (exact) mass is 222 g/mol. The Morgan fingerprint density at radius 1 is 1.14 bits per heavy atom. The first-order valence-electron chi connectivity index (χ1n) is 5.09. The SMILES string of the molecule is CCS(=O)(=O)NCCNC(C)C(C)C. The lowest BCUT2D eigenvalue weighted by molar-refractivity contribution is 0.429. The van der Waals surface area contributed by atoms with Gasteiger partial charge in [0.05, 0.1) is 5.75 Å². The van der Waals surface area contributed by atoms with Gasteiger partial charge < -0.3 is 5.32 Å². The lowest BCUT2D eigenvalue weighted by Gasteiger charge is -2.17. The second kappa shape index (κ2) is 6.37. The zero-order valence-corrected chi connectivity index (χ0v) is 10.3. The Kier molecular flexibility index (Phi) is 6.31. The van der Waals surface area contributed by atoms with Crippen molar-refractivity contribution in [3.05, 3.63) is 0 Å². The summed E-state index contributed by atoms with van der Waals surface area (Å²) in [4.78, 5) is 0. The summed E-state index contributed by atoms with van der Waals surface area (Å²) in [6, 6.07) is 0.418. The molecule has 0 aromatic carbocycles. The van der Waals surface area contributed by atoms with Crippen molar-refractivity contribution >= 4 is 10.0 Å². The van der Waals surface area contributed by atoms with E-state index in [1.165, 1.54) is 0 Å². The van der Waals surface area contributed by atoms with Gasteiger partial charge in [-0.05, 0) is 19.8 Å². The van der Waals surface area contributed by atoms with Crippen molar-refractivity contribution in [2.24, 2.45) is 5.92 Å². The standard InChI is InChI=1S/C9H22N2O2S/c1-5-14(12,13)11-7-6-10-9(4)8(2)3/h8-11H,5-7H2,1-4H3. The van der Waals surface area contributed by atoms with E-state index in [0.717, 1.165) is 0 Å². The average molecular weight is 222 g/mol. The number of nitrogens with one attached hydrogen (secondary N) is 2. The van der Waals surface area contributed by atoms with Gasteiger partial charge in [0.25, 0.3) is 0 Å². The maximum absolute atomic E-state index is 11.0. The van der Waals surface area contributed by atoms with Gasteiger partial charge in [0, 0.05) is 19.1 Å². The zero-order valence-electron chi connectivity index (χ0n) is 9.50. The molecule has 0 bridgehead atoms. The van der Waals surface area contributed by atoms with Crippen molar-refractivity contribution < 1.29 is 8.42 Å². The van der Waals surface area contributed by atoms with Crippen molar-refractivity contribution in [2.75, 3.05) is 18.8 Å². The van der Waals surface area contributed by atoms with Crippen LogP contribution in [0.15, 0.2) is 0 Å². The van der Waals surface area contributed by atoms with Crippen LogP contribution in [0.2, 0.25) is 0 Å². The topological polar surface area (TPSA) is 58.2 Å². The molecule has 0 saturated carbocycles. The van der Waals surface area contributed by atoms with Crippen LogP contribution in [0.5, 0.6) is 0 Å². The molecule has 0 fully saturated rings. The quantitative estimate of drug-likeness (QED) is 0.619. The van der Waals surface area contributed by atoms with Crippen molar-refractivity contribution in [1.82, 2.24) is 10.0 Å². The van der Waals surface area contributed by atoms with E-state index in [2.05, 4.69) is 30.8 Å². The first-order valence-corrected chi connectivity index (χ1v) is 6.75. The van der Waals surface area contributed by atoms with Gasteiger partial charge in [-0.25, -0.2) is 13.1 Å². The lowest BCUT2D eigenvalue weighted by Crippen LogP contribution is -2.38. The molecular formula is C9H22N2O2S. The van der Waals surface area contributed by atoms with Crippen LogP contribution in [0.3, 0.4) is 0 Å². The highest BCUT2D eigenvalue weighted by Crippen LogP contribution is 1.98. The third-order valence-electron chi connectivity index (χ3n) is 2.29. The molecule has 0 rings (SSSR count). The van der Waals surface area contributed by atoms with Crippen molar-refractivity contribution in [3.8, 4) is 0 Å². The largest absolute Gasteiger partial charge is 0.313 e. The van der Waals surface area contributed by atoms with E-state index < -0.39 is 10.0 Å². The van der Waals surface area contributed by atoms with Gasteiger partial charge in [-0.3, -0.25) is 0 Å². The van der Waals surface area contributed by atoms with Crippen LogP contribution in [0.4, 0.5) is 0 Å². The summed E-state index contributed by atoms with van der Waals surface area (Å²) in [5.74, 6) is 0.713. The Morgan fingerprint density at radius 3 is 2.14 bits per heavy atom. The second-order valence-corrected chi connectivity index (χ2v) is 5.88. The molecule has 86 valence electrons. The second-order valence-electron chi connectivity index (χ2n) is 3.78. The van der Waals surface area contributed by atoms with E-state index in [4.69, 9.17) is 0 Å². The Bertz CT molecular complexity index is 237. The van der Waals surface area contributed by atoms with E-state index >= 15 is 0 Å². The fourth-order valence-electron chi connectivity index (χ4n) is 0.844. The van der Waals surface area contributed by atoms with E-state index in [0.29, 0.717) is 25.0 Å². The van der Waals surface area contributed by atoms with E-state index in [1.54, 1.807) is 6.92 Å². The van der Waals surface area contributed by atoms with Crippen LogP contribution < -0.4 is 10.0 Å². The molecule has 0 aromatic rings. The van der Waals surface area contributed by atoms with Gasteiger partial charge in [0.1, 0.15) is 0 Å². The van der Waals surface area contributed by atoms with Crippen molar-refractivity contribution in [1.29, 1.82) is 0 Å². The Balaban J connectivity index is 3.57. The third kappa shape index (κ3) is 6.34. The number of rotatable bonds is 7. The molecular weight excluding hydrogens is 200 g/mol. The van der Waals surface area contributed by atoms with Gasteiger partial charge >= 0.3 is 0 Å². The fourth-order valence-corrected chi connectivity index (χ4v) is 1.46. The van der Waals surface area contributed by atoms with Crippen molar-refractivity contribution in [2.45, 2.75) is 33.7 Å². The third-order valence-corrected chi connectivity index (χ3v) is 3.70. The highest BCUT2D eigenvalue weighted by molar-refractivity contribution is 7.89. The van der Waals surface area contributed by atoms with Gasteiger partial charge in [0.2, 0.25) is 10.0 Å². The predicted molar refractivity (Wildman–Crippen MR) is 59.8 cm³/mol. The molecule has 0 aromatic heterocycles. The maximum atomic E-state index is 11.0. The maximum Gasteiger partial charge on any atom is 0.211 e. The first kappa shape index (κ1) is 13.9. The molecule has 0 spiro atoms. The summed E-state index contributed by atoms with van der Waals surface area (Å²) in [6.07, 6.45) is 0. The molecule has 0 heterocycles. The van der Waals surface area contributed by atoms with E-state index in [1.807, 2.05) is 0 Å². The van der Waals surface area contributed by atoms with Crippen molar-refractivity contribution in [3.63, 3.8) is 0 Å². The normalized spacial score (nSPS) is 14.6. The minimum absolute atomic E-state index is 0.146. The zero-order chi connectivity index (χ0) is 11.2. The van der Waals surface area contributed by atoms with Crippen LogP contribution in [-0.4, -0.2) is 33.3 Å². The Hall–Kier alpha value is -0.130. The summed E-state index contributed by atoms with van der Waals surface area (Å²) >= 11 is 0. The molecule has 2 N–H and O–H groups in total. The Morgan fingerprint density at radius 2 is 1.71 bits per heavy atom. The van der Waals surface area contributed by atoms with Gasteiger partial charge in [-0.2, -0.15) is 0 Å². The average Bonchev–Trinajstić information content (AvgIpc) is 2.12. The number of hydrogen-bond acceptors (Lipinski definition) is 3. The van der Waals surface area contributed by atoms with E-state index in [9.17, 15) is 8.42 Å². The number of hydrogen-bond donors (Lipinski definition) is 2. The number of sulfonamides is 1. The fraction of sp³-hybridized carbons (Fsp3) is 1.00. The lowest BCUT2D eigenvalue weighted by atomic mass is 10.1.